The first-order chi connectivity index (χ1) is 19.1. The van der Waals surface area contributed by atoms with Crippen LogP contribution in [-0.2, 0) is 17.8 Å². The van der Waals surface area contributed by atoms with E-state index in [1.165, 1.54) is 89.0 Å². The molecule has 1 amide bonds. The van der Waals surface area contributed by atoms with Crippen molar-refractivity contribution in [3.63, 3.8) is 0 Å². The summed E-state index contributed by atoms with van der Waals surface area (Å²) in [5, 5.41) is 3.41. The summed E-state index contributed by atoms with van der Waals surface area (Å²) in [6.07, 6.45) is 23.7. The number of benzene rings is 1. The summed E-state index contributed by atoms with van der Waals surface area (Å²) in [6, 6.07) is 9.43. The molecular formula is C33H52ClIN2O3. The Morgan fingerprint density at radius 3 is 2.08 bits per heavy atom. The van der Waals surface area contributed by atoms with E-state index in [0.29, 0.717) is 29.7 Å². The van der Waals surface area contributed by atoms with Gasteiger partial charge in [-0.25, -0.2) is 4.57 Å². The monoisotopic (exact) mass is 686 g/mol. The summed E-state index contributed by atoms with van der Waals surface area (Å²) in [4.78, 5) is 12.2. The van der Waals surface area contributed by atoms with E-state index >= 15 is 0 Å². The Labute approximate surface area is 265 Å². The molecule has 5 nitrogen and oxygen atoms in total. The van der Waals surface area contributed by atoms with Gasteiger partial charge in [0.15, 0.2) is 19.0 Å². The average molecular weight is 687 g/mol. The number of hydrogen-bond acceptors (Lipinski definition) is 3. The second-order valence-electron chi connectivity index (χ2n) is 10.5. The molecule has 0 aliphatic heterocycles. The van der Waals surface area contributed by atoms with Gasteiger partial charge in [-0.2, -0.15) is 0 Å². The van der Waals surface area contributed by atoms with Gasteiger partial charge in [-0.1, -0.05) is 102 Å². The third-order valence-electron chi connectivity index (χ3n) is 7.05. The Kier molecular flexibility index (Phi) is 22.0. The highest BCUT2D eigenvalue weighted by molar-refractivity contribution is 6.32. The lowest BCUT2D eigenvalue weighted by molar-refractivity contribution is -0.694. The highest BCUT2D eigenvalue weighted by Gasteiger charge is 2.08. The van der Waals surface area contributed by atoms with E-state index in [-0.39, 0.29) is 36.5 Å². The van der Waals surface area contributed by atoms with Gasteiger partial charge in [0.1, 0.15) is 18.0 Å². The predicted molar refractivity (Wildman–Crippen MR) is 162 cm³/mol. The quantitative estimate of drug-likeness (QED) is 0.0988. The minimum atomic E-state index is -0.149. The maximum Gasteiger partial charge on any atom is 0.257 e. The van der Waals surface area contributed by atoms with Crippen molar-refractivity contribution < 1.29 is 42.8 Å². The van der Waals surface area contributed by atoms with Gasteiger partial charge in [0.05, 0.1) is 11.6 Å². The van der Waals surface area contributed by atoms with Crippen LogP contribution in [0.15, 0.2) is 42.7 Å². The van der Waals surface area contributed by atoms with Crippen LogP contribution in [0.1, 0.15) is 109 Å². The maximum absolute atomic E-state index is 12.2. The van der Waals surface area contributed by atoms with E-state index < -0.39 is 0 Å². The fraction of sp³-hybridized carbons (Fsp3) is 0.636. The van der Waals surface area contributed by atoms with E-state index in [4.69, 9.17) is 21.1 Å². The summed E-state index contributed by atoms with van der Waals surface area (Å²) >= 11 is 6.38. The molecular weight excluding hydrogens is 635 g/mol. The number of aryl methyl sites for hydroxylation is 1. The highest BCUT2D eigenvalue weighted by atomic mass is 127. The van der Waals surface area contributed by atoms with Crippen molar-refractivity contribution in [2.24, 2.45) is 0 Å². The molecule has 1 aromatic heterocycles. The van der Waals surface area contributed by atoms with Crippen molar-refractivity contribution in [3.05, 3.63) is 53.3 Å². The lowest BCUT2D eigenvalue weighted by Crippen LogP contribution is -3.00. The Morgan fingerprint density at radius 1 is 0.850 bits per heavy atom. The number of nitrogens with one attached hydrogen (secondary N) is 1. The Hall–Kier alpha value is -1.54. The molecule has 226 valence electrons. The van der Waals surface area contributed by atoms with Gasteiger partial charge >= 0.3 is 0 Å². The Morgan fingerprint density at radius 2 is 1.48 bits per heavy atom. The zero-order valence-corrected chi connectivity index (χ0v) is 27.8. The van der Waals surface area contributed by atoms with Crippen molar-refractivity contribution in [1.82, 2.24) is 5.32 Å². The summed E-state index contributed by atoms with van der Waals surface area (Å²) in [5.74, 6) is 1.07. The third-order valence-corrected chi connectivity index (χ3v) is 7.34. The molecule has 40 heavy (non-hydrogen) atoms. The topological polar surface area (TPSA) is 51.4 Å². The van der Waals surface area contributed by atoms with Gasteiger partial charge < -0.3 is 38.8 Å². The molecule has 0 atom stereocenters. The third kappa shape index (κ3) is 17.3. The fourth-order valence-electron chi connectivity index (χ4n) is 4.63. The number of pyridine rings is 1. The van der Waals surface area contributed by atoms with Crippen LogP contribution in [0.5, 0.6) is 11.5 Å². The first-order valence-corrected chi connectivity index (χ1v) is 15.8. The molecule has 0 saturated carbocycles. The van der Waals surface area contributed by atoms with Crippen molar-refractivity contribution in [2.75, 3.05) is 19.8 Å². The van der Waals surface area contributed by atoms with Crippen LogP contribution < -0.4 is 43.3 Å². The molecule has 1 aromatic carbocycles. The Bertz CT molecular complexity index is 928. The van der Waals surface area contributed by atoms with Gasteiger partial charge in [0.2, 0.25) is 0 Å². The molecule has 0 unspecified atom stereocenters. The number of carbonyl (C=O) groups is 1. The first-order valence-electron chi connectivity index (χ1n) is 15.4. The van der Waals surface area contributed by atoms with Crippen LogP contribution in [0, 0.1) is 0 Å². The number of unbranched alkanes of at least 4 members (excludes halogenated alkanes) is 13. The summed E-state index contributed by atoms with van der Waals surface area (Å²) < 4.78 is 13.6. The van der Waals surface area contributed by atoms with E-state index in [2.05, 4.69) is 36.0 Å². The van der Waals surface area contributed by atoms with Crippen LogP contribution in [0.25, 0.3) is 0 Å². The number of rotatable bonds is 23. The number of hydrogen-bond donors (Lipinski definition) is 1. The van der Waals surface area contributed by atoms with Gasteiger partial charge in [-0.05, 0) is 38.0 Å². The molecule has 1 N–H and O–H groups in total. The van der Waals surface area contributed by atoms with E-state index in [1.807, 2.05) is 18.3 Å². The van der Waals surface area contributed by atoms with E-state index in [9.17, 15) is 4.79 Å². The molecule has 2 aromatic rings. The molecule has 7 heteroatoms. The largest absolute Gasteiger partial charge is 1.00 e. The molecule has 0 aliphatic rings. The number of ether oxygens (including phenoxy) is 2. The lowest BCUT2D eigenvalue weighted by Gasteiger charge is -2.11. The van der Waals surface area contributed by atoms with Gasteiger partial charge in [0.25, 0.3) is 5.91 Å². The van der Waals surface area contributed by atoms with Crippen molar-refractivity contribution >= 4 is 17.5 Å². The van der Waals surface area contributed by atoms with Crippen molar-refractivity contribution in [3.8, 4) is 11.5 Å². The molecule has 0 bridgehead atoms. The minimum absolute atomic E-state index is 0. The molecule has 0 spiro atoms. The smallest absolute Gasteiger partial charge is 0.257 e. The normalized spacial score (nSPS) is 10.7. The molecule has 0 saturated heterocycles. The van der Waals surface area contributed by atoms with Crippen LogP contribution in [0.4, 0.5) is 0 Å². The standard InChI is InChI=1S/C33H51ClN2O3.HI/c1-3-5-6-7-8-9-10-11-12-13-14-15-16-17-25-38-32-21-20-30(26-31(32)34)39-28-33(37)35-23-22-29-19-18-24-36(4-2)27-29;/h18-21,24,26-27H,3-17,22-23,25,28H2,1-2H3;1H. The molecule has 0 aliphatic carbocycles. The zero-order chi connectivity index (χ0) is 28.0. The summed E-state index contributed by atoms with van der Waals surface area (Å²) in [6.45, 7) is 6.51. The Balaban J connectivity index is 0.00000800. The maximum atomic E-state index is 12.2. The van der Waals surface area contributed by atoms with Crippen LogP contribution >= 0.6 is 11.6 Å². The van der Waals surface area contributed by atoms with Crippen molar-refractivity contribution in [1.29, 1.82) is 0 Å². The number of carbonyl (C=O) groups excluding carboxylic acids is 1. The van der Waals surface area contributed by atoms with Crippen molar-refractivity contribution in [2.45, 2.75) is 117 Å². The fourth-order valence-corrected chi connectivity index (χ4v) is 4.86. The average Bonchev–Trinajstić information content (AvgIpc) is 2.95. The number of aromatic nitrogens is 1. The van der Waals surface area contributed by atoms with Gasteiger partial charge in [-0.3, -0.25) is 4.79 Å². The summed E-state index contributed by atoms with van der Waals surface area (Å²) in [5.41, 5.74) is 1.19. The van der Waals surface area contributed by atoms with E-state index in [0.717, 1.165) is 19.4 Å². The SMILES string of the molecule is CCCCCCCCCCCCCCCCOc1ccc(OCC(=O)NCCc2ccc[n+](CC)c2)cc1Cl.[I-]. The van der Waals surface area contributed by atoms with Crippen LogP contribution in [-0.4, -0.2) is 25.7 Å². The first kappa shape index (κ1) is 36.5. The molecule has 2 rings (SSSR count). The summed E-state index contributed by atoms with van der Waals surface area (Å²) in [7, 11) is 0. The van der Waals surface area contributed by atoms with Crippen LogP contribution in [0.2, 0.25) is 5.02 Å². The predicted octanol–water partition coefficient (Wildman–Crippen LogP) is 5.25. The number of amides is 1. The van der Waals surface area contributed by atoms with E-state index in [1.54, 1.807) is 12.1 Å². The lowest BCUT2D eigenvalue weighted by atomic mass is 10.0. The second kappa shape index (κ2) is 24.1. The van der Waals surface area contributed by atoms with Gasteiger partial charge in [-0.15, -0.1) is 0 Å². The zero-order valence-electron chi connectivity index (χ0n) is 24.9. The van der Waals surface area contributed by atoms with Crippen LogP contribution in [0.3, 0.4) is 0 Å². The highest BCUT2D eigenvalue weighted by Crippen LogP contribution is 2.29. The molecule has 0 fully saturated rings. The number of halogens is 2. The minimum Gasteiger partial charge on any atom is -1.00 e. The second-order valence-corrected chi connectivity index (χ2v) is 10.9. The van der Waals surface area contributed by atoms with Gasteiger partial charge in [0, 0.05) is 24.2 Å². The number of nitrogens with zero attached hydrogens (tertiary/aromatic N) is 1. The molecule has 1 heterocycles. The molecule has 0 radical (unpaired) electrons.